The molecule has 3 heterocycles. The van der Waals surface area contributed by atoms with Gasteiger partial charge in [-0.3, -0.25) is 0 Å². The van der Waals surface area contributed by atoms with Crippen molar-refractivity contribution in [1.29, 1.82) is 0 Å². The first kappa shape index (κ1) is 16.9. The van der Waals surface area contributed by atoms with Gasteiger partial charge in [0.05, 0.1) is 16.9 Å². The smallest absolute Gasteiger partial charge is 0.399 e. The monoisotopic (exact) mass is 330 g/mol. The second-order valence-corrected chi connectivity index (χ2v) is 7.08. The fraction of sp³-hybridized carbons (Fsp3) is 0.500. The Kier molecular flexibility index (Phi) is 4.15. The van der Waals surface area contributed by atoms with Gasteiger partial charge in [-0.25, -0.2) is 9.97 Å². The van der Waals surface area contributed by atoms with Crippen molar-refractivity contribution in [1.82, 2.24) is 14.9 Å². The van der Waals surface area contributed by atoms with Crippen molar-refractivity contribution in [2.24, 2.45) is 0 Å². The SMILES string of the molecule is CN1C=C(B2OC(C)(C)C(C)(C)O2)C=C(Nc2ccncn2)C1O. The molecule has 2 aliphatic heterocycles. The summed E-state index contributed by atoms with van der Waals surface area (Å²) >= 11 is 0. The molecule has 0 bridgehead atoms. The number of likely N-dealkylation sites (N-methyl/N-ethyl adjacent to an activating group) is 1. The third kappa shape index (κ3) is 3.04. The number of hydrogen-bond acceptors (Lipinski definition) is 7. The predicted molar refractivity (Wildman–Crippen MR) is 91.7 cm³/mol. The minimum absolute atomic E-state index is 0.415. The zero-order valence-electron chi connectivity index (χ0n) is 14.6. The van der Waals surface area contributed by atoms with E-state index in [1.165, 1.54) is 6.33 Å². The normalized spacial score (nSPS) is 25.3. The lowest BCUT2D eigenvalue weighted by atomic mass is 9.77. The van der Waals surface area contributed by atoms with Gasteiger partial charge < -0.3 is 24.6 Å². The Bertz CT molecular complexity index is 659. The molecule has 128 valence electrons. The van der Waals surface area contributed by atoms with Crippen LogP contribution >= 0.6 is 0 Å². The first-order valence-electron chi connectivity index (χ1n) is 7.92. The highest BCUT2D eigenvalue weighted by Gasteiger charge is 2.52. The number of rotatable bonds is 3. The van der Waals surface area contributed by atoms with Gasteiger partial charge in [0.15, 0.2) is 6.23 Å². The molecule has 2 N–H and O–H groups in total. The third-order valence-corrected chi connectivity index (χ3v) is 4.72. The summed E-state index contributed by atoms with van der Waals surface area (Å²) < 4.78 is 12.2. The summed E-state index contributed by atoms with van der Waals surface area (Å²) in [5.41, 5.74) is 0.601. The number of aliphatic hydroxyl groups excluding tert-OH is 1. The number of nitrogens with one attached hydrogen (secondary N) is 1. The number of nitrogens with zero attached hydrogens (tertiary/aromatic N) is 3. The second kappa shape index (κ2) is 5.88. The van der Waals surface area contributed by atoms with E-state index in [2.05, 4.69) is 15.3 Å². The van der Waals surface area contributed by atoms with E-state index >= 15 is 0 Å². The van der Waals surface area contributed by atoms with Crippen LogP contribution in [0.2, 0.25) is 0 Å². The van der Waals surface area contributed by atoms with Gasteiger partial charge in [-0.1, -0.05) is 0 Å². The van der Waals surface area contributed by atoms with Crippen LogP contribution in [0.3, 0.4) is 0 Å². The van der Waals surface area contributed by atoms with Crippen LogP contribution in [0.1, 0.15) is 27.7 Å². The van der Waals surface area contributed by atoms with Gasteiger partial charge in [-0.15, -0.1) is 0 Å². The van der Waals surface area contributed by atoms with Crippen molar-refractivity contribution in [3.63, 3.8) is 0 Å². The van der Waals surface area contributed by atoms with E-state index in [0.717, 1.165) is 5.47 Å². The van der Waals surface area contributed by atoms with E-state index in [1.807, 2.05) is 40.0 Å². The number of anilines is 1. The van der Waals surface area contributed by atoms with Gasteiger partial charge >= 0.3 is 7.12 Å². The second-order valence-electron chi connectivity index (χ2n) is 7.08. The number of aliphatic hydroxyl groups is 1. The average molecular weight is 330 g/mol. The van der Waals surface area contributed by atoms with Crippen LogP contribution in [0, 0.1) is 0 Å². The fourth-order valence-electron chi connectivity index (χ4n) is 2.54. The van der Waals surface area contributed by atoms with Gasteiger partial charge in [0.1, 0.15) is 12.1 Å². The molecule has 7 nitrogen and oxygen atoms in total. The minimum Gasteiger partial charge on any atom is -0.399 e. The summed E-state index contributed by atoms with van der Waals surface area (Å²) in [5, 5.41) is 13.5. The molecular formula is C16H23BN4O3. The first-order chi connectivity index (χ1) is 11.2. The Balaban J connectivity index is 1.85. The number of hydrogen-bond donors (Lipinski definition) is 2. The van der Waals surface area contributed by atoms with Gasteiger partial charge in [0.2, 0.25) is 0 Å². The average Bonchev–Trinajstić information content (AvgIpc) is 2.73. The quantitative estimate of drug-likeness (QED) is 0.814. The predicted octanol–water partition coefficient (Wildman–Crippen LogP) is 1.55. The Morgan fingerprint density at radius 3 is 2.50 bits per heavy atom. The molecule has 1 unspecified atom stereocenters. The summed E-state index contributed by atoms with van der Waals surface area (Å²) in [5.74, 6) is 0.610. The van der Waals surface area contributed by atoms with E-state index < -0.39 is 24.5 Å². The lowest BCUT2D eigenvalue weighted by Gasteiger charge is -2.32. The molecule has 0 saturated carbocycles. The van der Waals surface area contributed by atoms with E-state index in [1.54, 1.807) is 24.2 Å². The molecule has 1 saturated heterocycles. The Hall–Kier alpha value is -1.90. The molecule has 0 aromatic carbocycles. The Labute approximate surface area is 142 Å². The zero-order valence-corrected chi connectivity index (χ0v) is 14.6. The van der Waals surface area contributed by atoms with Crippen molar-refractivity contribution in [2.75, 3.05) is 12.4 Å². The Morgan fingerprint density at radius 1 is 1.25 bits per heavy atom. The molecule has 0 aliphatic carbocycles. The maximum Gasteiger partial charge on any atom is 0.496 e. The van der Waals surface area contributed by atoms with E-state index in [9.17, 15) is 5.11 Å². The van der Waals surface area contributed by atoms with Crippen molar-refractivity contribution >= 4 is 12.9 Å². The van der Waals surface area contributed by atoms with Gasteiger partial charge in [-0.05, 0) is 39.8 Å². The molecule has 1 fully saturated rings. The van der Waals surface area contributed by atoms with Crippen molar-refractivity contribution < 1.29 is 14.4 Å². The van der Waals surface area contributed by atoms with E-state index in [-0.39, 0.29) is 0 Å². The molecule has 0 spiro atoms. The van der Waals surface area contributed by atoms with Crippen LogP contribution in [-0.2, 0) is 9.31 Å². The molecule has 0 amide bonds. The summed E-state index contributed by atoms with van der Waals surface area (Å²) in [7, 11) is 1.30. The maximum absolute atomic E-state index is 10.4. The fourth-order valence-corrected chi connectivity index (χ4v) is 2.54. The van der Waals surface area contributed by atoms with E-state index in [0.29, 0.717) is 11.5 Å². The summed E-state index contributed by atoms with van der Waals surface area (Å²) in [6, 6.07) is 1.74. The van der Waals surface area contributed by atoms with Gasteiger partial charge in [0, 0.05) is 24.9 Å². The first-order valence-corrected chi connectivity index (χ1v) is 7.92. The zero-order chi connectivity index (χ0) is 17.5. The molecular weight excluding hydrogens is 307 g/mol. The van der Waals surface area contributed by atoms with Gasteiger partial charge in [-0.2, -0.15) is 0 Å². The molecule has 8 heteroatoms. The third-order valence-electron chi connectivity index (χ3n) is 4.72. The number of allylic oxidation sites excluding steroid dienone is 2. The lowest BCUT2D eigenvalue weighted by molar-refractivity contribution is 0.00578. The largest absolute Gasteiger partial charge is 0.496 e. The van der Waals surface area contributed by atoms with Crippen LogP contribution in [-0.4, -0.2) is 51.6 Å². The highest BCUT2D eigenvalue weighted by molar-refractivity contribution is 6.55. The molecule has 0 radical (unpaired) electrons. The van der Waals surface area contributed by atoms with Crippen LogP contribution in [0.25, 0.3) is 0 Å². The Morgan fingerprint density at radius 2 is 1.92 bits per heavy atom. The van der Waals surface area contributed by atoms with Crippen molar-refractivity contribution in [3.8, 4) is 0 Å². The molecule has 24 heavy (non-hydrogen) atoms. The maximum atomic E-state index is 10.4. The van der Waals surface area contributed by atoms with Crippen LogP contribution in [0.5, 0.6) is 0 Å². The van der Waals surface area contributed by atoms with Gasteiger partial charge in [0.25, 0.3) is 0 Å². The lowest BCUT2D eigenvalue weighted by Crippen LogP contribution is -2.41. The van der Waals surface area contributed by atoms with Crippen molar-refractivity contribution in [2.45, 2.75) is 45.1 Å². The molecule has 3 rings (SSSR count). The van der Waals surface area contributed by atoms with Crippen LogP contribution < -0.4 is 5.32 Å². The van der Waals surface area contributed by atoms with E-state index in [4.69, 9.17) is 9.31 Å². The summed E-state index contributed by atoms with van der Waals surface area (Å²) in [6.45, 7) is 8.05. The topological polar surface area (TPSA) is 79.7 Å². The number of aromatic nitrogens is 2. The summed E-state index contributed by atoms with van der Waals surface area (Å²) in [4.78, 5) is 9.71. The molecule has 1 aromatic rings. The molecule has 1 aromatic heterocycles. The summed E-state index contributed by atoms with van der Waals surface area (Å²) in [6.07, 6.45) is 5.96. The van der Waals surface area contributed by atoms with Crippen LogP contribution in [0.15, 0.2) is 42.0 Å². The van der Waals surface area contributed by atoms with Crippen molar-refractivity contribution in [3.05, 3.63) is 42.0 Å². The highest BCUT2D eigenvalue weighted by Crippen LogP contribution is 2.39. The van der Waals surface area contributed by atoms with Crippen LogP contribution in [0.4, 0.5) is 5.82 Å². The highest BCUT2D eigenvalue weighted by atomic mass is 16.7. The standard InChI is InChI=1S/C16H23BN4O3/c1-15(2)16(3,4)24-17(23-15)11-8-12(14(22)21(5)9-11)20-13-6-7-18-10-19-13/h6-10,14,22H,1-5H3,(H,18,19,20). The minimum atomic E-state index is -0.800. The molecule has 2 aliphatic rings. The molecule has 1 atom stereocenters.